The van der Waals surface area contributed by atoms with E-state index in [1.165, 1.54) is 50.8 Å². The lowest BCUT2D eigenvalue weighted by Gasteiger charge is -2.12. The summed E-state index contributed by atoms with van der Waals surface area (Å²) in [5.74, 6) is 0.920. The molecule has 0 unspecified atom stereocenters. The van der Waals surface area contributed by atoms with Gasteiger partial charge in [0.2, 0.25) is 0 Å². The fraction of sp³-hybridized carbons (Fsp3) is 0.0952. The van der Waals surface area contributed by atoms with E-state index in [4.69, 9.17) is 32.7 Å². The van der Waals surface area contributed by atoms with Crippen LogP contribution in [-0.4, -0.2) is 47.9 Å². The van der Waals surface area contributed by atoms with Crippen LogP contribution in [-0.2, 0) is 12.4 Å². The van der Waals surface area contributed by atoms with Gasteiger partial charge in [0.15, 0.2) is 0 Å². The highest BCUT2D eigenvalue weighted by Gasteiger charge is 2.34. The maximum absolute atomic E-state index is 12.9. The Hall–Kier alpha value is -7.58. The van der Waals surface area contributed by atoms with Crippen LogP contribution in [0, 0.1) is 0 Å². The van der Waals surface area contributed by atoms with Crippen molar-refractivity contribution >= 4 is 69.8 Å². The molecule has 6 rings (SSSR count). The zero-order valence-corrected chi connectivity index (χ0v) is 34.4. The molecule has 0 aliphatic rings. The maximum atomic E-state index is 12.9. The first-order chi connectivity index (χ1) is 30.3. The summed E-state index contributed by atoms with van der Waals surface area (Å²) < 4.78 is 88.9. The lowest BCUT2D eigenvalue weighted by atomic mass is 10.2. The van der Waals surface area contributed by atoms with Gasteiger partial charge in [-0.3, -0.25) is 19.6 Å². The summed E-state index contributed by atoms with van der Waals surface area (Å²) in [7, 11) is 2.98. The minimum atomic E-state index is -4.64. The summed E-state index contributed by atoms with van der Waals surface area (Å²) in [5.41, 5.74) is -1.09. The molecular formula is C42H32Cl2F6N8O6. The Morgan fingerprint density at radius 2 is 0.797 bits per heavy atom. The number of nitrogens with one attached hydrogen (secondary N) is 6. The van der Waals surface area contributed by atoms with Crippen molar-refractivity contribution in [2.45, 2.75) is 12.4 Å². The fourth-order valence-corrected chi connectivity index (χ4v) is 5.62. The SMILES string of the molecule is CNC(=O)c1cc(Oc2ccc(NC(=O)Nc3ccc(Cl)c(C(F)(F)F)c3)cc2)ccn1.CNC(=O)c1cc(Oc2ccc(NC(=O)Nc3ccc(Cl)c(C(F)(F)F)c3)cc2)ccn1. The first-order valence-electron chi connectivity index (χ1n) is 18.1. The van der Waals surface area contributed by atoms with Gasteiger partial charge in [0, 0.05) is 61.4 Å². The van der Waals surface area contributed by atoms with Crippen molar-refractivity contribution in [3.05, 3.63) is 154 Å². The van der Waals surface area contributed by atoms with Crippen LogP contribution < -0.4 is 41.4 Å². The van der Waals surface area contributed by atoms with E-state index in [0.29, 0.717) is 34.4 Å². The zero-order chi connectivity index (χ0) is 46.6. The van der Waals surface area contributed by atoms with Crippen molar-refractivity contribution in [1.29, 1.82) is 0 Å². The summed E-state index contributed by atoms with van der Waals surface area (Å²) >= 11 is 11.1. The molecule has 14 nitrogen and oxygen atoms in total. The third-order valence-electron chi connectivity index (χ3n) is 8.14. The van der Waals surface area contributed by atoms with Crippen LogP contribution in [0.25, 0.3) is 0 Å². The Kier molecular flexibility index (Phi) is 15.6. The Morgan fingerprint density at radius 3 is 1.12 bits per heavy atom. The number of urea groups is 2. The van der Waals surface area contributed by atoms with Crippen LogP contribution in [0.3, 0.4) is 0 Å². The zero-order valence-electron chi connectivity index (χ0n) is 32.9. The number of halogens is 8. The number of nitrogens with zero attached hydrogens (tertiary/aromatic N) is 2. The number of rotatable bonds is 10. The second-order valence-electron chi connectivity index (χ2n) is 12.7. The van der Waals surface area contributed by atoms with Crippen LogP contribution in [0.15, 0.2) is 122 Å². The molecule has 0 saturated heterocycles. The molecule has 6 N–H and O–H groups in total. The second kappa shape index (κ2) is 21.0. The molecule has 0 bridgehead atoms. The van der Waals surface area contributed by atoms with E-state index in [1.807, 2.05) is 0 Å². The molecule has 6 aromatic rings. The van der Waals surface area contributed by atoms with Gasteiger partial charge < -0.3 is 41.4 Å². The van der Waals surface area contributed by atoms with Crippen molar-refractivity contribution in [2.75, 3.05) is 35.4 Å². The molecule has 0 fully saturated rings. The molecule has 332 valence electrons. The Balaban J connectivity index is 0.000000241. The number of benzene rings is 4. The lowest BCUT2D eigenvalue weighted by molar-refractivity contribution is -0.138. The van der Waals surface area contributed by atoms with Gasteiger partial charge in [0.05, 0.1) is 21.2 Å². The molecule has 0 aliphatic carbocycles. The molecule has 2 aromatic heterocycles. The van der Waals surface area contributed by atoms with E-state index in [2.05, 4.69) is 41.9 Å². The quantitative estimate of drug-likeness (QED) is 0.0733. The number of hydrogen-bond acceptors (Lipinski definition) is 8. The van der Waals surface area contributed by atoms with E-state index in [1.54, 1.807) is 60.7 Å². The highest BCUT2D eigenvalue weighted by atomic mass is 35.5. The van der Waals surface area contributed by atoms with Crippen LogP contribution >= 0.6 is 23.2 Å². The molecule has 0 spiro atoms. The molecule has 0 radical (unpaired) electrons. The summed E-state index contributed by atoms with van der Waals surface area (Å²) in [6.45, 7) is 0. The molecule has 0 atom stereocenters. The van der Waals surface area contributed by atoms with Gasteiger partial charge in [-0.15, -0.1) is 0 Å². The molecule has 2 heterocycles. The van der Waals surface area contributed by atoms with Crippen molar-refractivity contribution < 1.29 is 55.0 Å². The van der Waals surface area contributed by atoms with Gasteiger partial charge in [-0.2, -0.15) is 26.3 Å². The number of alkyl halides is 6. The Bertz CT molecular complexity index is 2460. The minimum Gasteiger partial charge on any atom is -0.457 e. The highest BCUT2D eigenvalue weighted by Crippen LogP contribution is 2.37. The minimum absolute atomic E-state index is 0.0659. The first-order valence-corrected chi connectivity index (χ1v) is 18.9. The number of carbonyl (C=O) groups is 4. The summed E-state index contributed by atoms with van der Waals surface area (Å²) in [6, 6.07) is 23.2. The Labute approximate surface area is 369 Å². The van der Waals surface area contributed by atoms with Gasteiger partial charge in [-0.05, 0) is 97.1 Å². The molecule has 22 heteroatoms. The predicted molar refractivity (Wildman–Crippen MR) is 226 cm³/mol. The topological polar surface area (TPSA) is 185 Å². The van der Waals surface area contributed by atoms with Gasteiger partial charge in [-0.25, -0.2) is 9.59 Å². The number of anilines is 4. The monoisotopic (exact) mass is 928 g/mol. The van der Waals surface area contributed by atoms with Crippen molar-refractivity contribution in [2.24, 2.45) is 0 Å². The number of ether oxygens (including phenoxy) is 2. The lowest BCUT2D eigenvalue weighted by Crippen LogP contribution is -2.19. The smallest absolute Gasteiger partial charge is 0.417 e. The van der Waals surface area contributed by atoms with Crippen molar-refractivity contribution in [3.63, 3.8) is 0 Å². The summed E-state index contributed by atoms with van der Waals surface area (Å²) in [4.78, 5) is 55.4. The van der Waals surface area contributed by atoms with Gasteiger partial charge in [-0.1, -0.05) is 23.2 Å². The Morgan fingerprint density at radius 1 is 0.469 bits per heavy atom. The number of aromatic nitrogens is 2. The molecule has 0 saturated carbocycles. The van der Waals surface area contributed by atoms with Crippen LogP contribution in [0.2, 0.25) is 10.0 Å². The van der Waals surface area contributed by atoms with Gasteiger partial charge >= 0.3 is 24.4 Å². The van der Waals surface area contributed by atoms with Crippen molar-refractivity contribution in [1.82, 2.24) is 20.6 Å². The summed E-state index contributed by atoms with van der Waals surface area (Å²) in [5, 5.41) is 13.7. The summed E-state index contributed by atoms with van der Waals surface area (Å²) in [6.07, 6.45) is -6.42. The molecular weight excluding hydrogens is 897 g/mol. The second-order valence-corrected chi connectivity index (χ2v) is 13.5. The molecule has 64 heavy (non-hydrogen) atoms. The van der Waals surface area contributed by atoms with Crippen molar-refractivity contribution in [3.8, 4) is 23.0 Å². The van der Waals surface area contributed by atoms with E-state index in [9.17, 15) is 45.5 Å². The fourth-order valence-electron chi connectivity index (χ4n) is 5.17. The number of amides is 6. The third kappa shape index (κ3) is 13.7. The van der Waals surface area contributed by atoms with Crippen LogP contribution in [0.5, 0.6) is 23.0 Å². The van der Waals surface area contributed by atoms with E-state index >= 15 is 0 Å². The average Bonchev–Trinajstić information content (AvgIpc) is 3.25. The van der Waals surface area contributed by atoms with Gasteiger partial charge in [0.1, 0.15) is 34.4 Å². The van der Waals surface area contributed by atoms with E-state index in [-0.39, 0.29) is 34.6 Å². The number of carbonyl (C=O) groups excluding carboxylic acids is 4. The van der Waals surface area contributed by atoms with E-state index in [0.717, 1.165) is 24.3 Å². The van der Waals surface area contributed by atoms with Crippen LogP contribution in [0.1, 0.15) is 32.1 Å². The average molecular weight is 930 g/mol. The standard InChI is InChI=1S/2C21H16ClF3N4O3/c2*1-26-19(30)18-11-15(8-9-27-18)32-14-5-2-12(3-6-14)28-20(31)29-13-4-7-17(22)16(10-13)21(23,24)25/h2*2-11H,1H3,(H,26,30)(H2,28,29,31). The predicted octanol–water partition coefficient (Wildman–Crippen LogP) is 11.1. The molecule has 0 aliphatic heterocycles. The largest absolute Gasteiger partial charge is 0.457 e. The van der Waals surface area contributed by atoms with Gasteiger partial charge in [0.25, 0.3) is 11.8 Å². The maximum Gasteiger partial charge on any atom is 0.417 e. The normalized spacial score (nSPS) is 10.9. The van der Waals surface area contributed by atoms with E-state index < -0.39 is 45.6 Å². The first kappa shape index (κ1) is 47.5. The van der Waals surface area contributed by atoms with Crippen LogP contribution in [0.4, 0.5) is 58.7 Å². The molecule has 4 aromatic carbocycles. The third-order valence-corrected chi connectivity index (χ3v) is 8.80. The highest BCUT2D eigenvalue weighted by molar-refractivity contribution is 6.32. The number of pyridine rings is 2. The number of hydrogen-bond donors (Lipinski definition) is 6. The molecule has 6 amide bonds.